The van der Waals surface area contributed by atoms with Gasteiger partial charge in [0.2, 0.25) is 0 Å². The highest BCUT2D eigenvalue weighted by atomic mass is 14.9. The topological polar surface area (TPSA) is 12.0 Å². The summed E-state index contributed by atoms with van der Waals surface area (Å²) >= 11 is 0. The van der Waals surface area contributed by atoms with Gasteiger partial charge in [0.15, 0.2) is 0 Å². The molecule has 1 heteroatoms. The van der Waals surface area contributed by atoms with Gasteiger partial charge in [-0.2, -0.15) is 0 Å². The third-order valence-corrected chi connectivity index (χ3v) is 4.71. The van der Waals surface area contributed by atoms with Crippen LogP contribution in [-0.4, -0.2) is 6.54 Å². The Morgan fingerprint density at radius 3 is 2.62 bits per heavy atom. The van der Waals surface area contributed by atoms with Gasteiger partial charge in [0.25, 0.3) is 0 Å². The molecule has 1 nitrogen and oxygen atoms in total. The van der Waals surface area contributed by atoms with Crippen LogP contribution in [0.3, 0.4) is 0 Å². The van der Waals surface area contributed by atoms with E-state index >= 15 is 0 Å². The molecule has 0 saturated carbocycles. The average Bonchev–Trinajstić information content (AvgIpc) is 2.56. The van der Waals surface area contributed by atoms with Crippen molar-refractivity contribution in [3.63, 3.8) is 0 Å². The van der Waals surface area contributed by atoms with Crippen molar-refractivity contribution in [2.75, 3.05) is 6.54 Å². The van der Waals surface area contributed by atoms with Crippen LogP contribution in [0, 0.1) is 0 Å². The summed E-state index contributed by atoms with van der Waals surface area (Å²) in [6, 6.07) is 20.3. The molecular formula is C20H25N. The largest absolute Gasteiger partial charge is 0.309 e. The first-order valence-corrected chi connectivity index (χ1v) is 8.24. The van der Waals surface area contributed by atoms with Gasteiger partial charge < -0.3 is 5.32 Å². The number of fused-ring (bicyclic) bond motifs is 1. The standard InChI is InChI=1S/C20H25N/c1-2-20(17-10-4-3-5-11-17)21-15-18-13-8-12-16-9-6-7-14-19(16)18/h3-7,9-11,14,18,20-21H,2,8,12-13,15H2,1H3. The first-order valence-electron chi connectivity index (χ1n) is 8.24. The molecule has 2 atom stereocenters. The van der Waals surface area contributed by atoms with Gasteiger partial charge in [0.05, 0.1) is 0 Å². The molecule has 0 saturated heterocycles. The van der Waals surface area contributed by atoms with E-state index in [0.29, 0.717) is 12.0 Å². The molecule has 1 aliphatic rings. The molecule has 21 heavy (non-hydrogen) atoms. The predicted octanol–water partition coefficient (Wildman–Crippen LogP) is 4.85. The van der Waals surface area contributed by atoms with Crippen LogP contribution in [0.2, 0.25) is 0 Å². The number of nitrogens with one attached hydrogen (secondary N) is 1. The van der Waals surface area contributed by atoms with Crippen molar-refractivity contribution in [2.24, 2.45) is 0 Å². The molecular weight excluding hydrogens is 254 g/mol. The maximum Gasteiger partial charge on any atom is 0.0317 e. The van der Waals surface area contributed by atoms with Gasteiger partial charge in [-0.15, -0.1) is 0 Å². The van der Waals surface area contributed by atoms with E-state index in [1.807, 2.05) is 0 Å². The molecule has 3 rings (SSSR count). The van der Waals surface area contributed by atoms with E-state index < -0.39 is 0 Å². The van der Waals surface area contributed by atoms with Crippen LogP contribution in [0.5, 0.6) is 0 Å². The molecule has 0 heterocycles. The van der Waals surface area contributed by atoms with Gasteiger partial charge >= 0.3 is 0 Å². The summed E-state index contributed by atoms with van der Waals surface area (Å²) < 4.78 is 0. The average molecular weight is 279 g/mol. The van der Waals surface area contributed by atoms with Gasteiger partial charge in [-0.05, 0) is 48.3 Å². The summed E-state index contributed by atoms with van der Waals surface area (Å²) in [6.07, 6.45) is 5.03. The zero-order valence-electron chi connectivity index (χ0n) is 12.9. The van der Waals surface area contributed by atoms with E-state index in [9.17, 15) is 0 Å². The SMILES string of the molecule is CCC(NCC1CCCc2ccccc21)c1ccccc1. The van der Waals surface area contributed by atoms with E-state index in [2.05, 4.69) is 66.8 Å². The number of hydrogen-bond acceptors (Lipinski definition) is 1. The fourth-order valence-corrected chi connectivity index (χ4v) is 3.53. The van der Waals surface area contributed by atoms with Crippen molar-refractivity contribution in [2.45, 2.75) is 44.6 Å². The van der Waals surface area contributed by atoms with Crippen molar-refractivity contribution >= 4 is 0 Å². The molecule has 1 aliphatic carbocycles. The van der Waals surface area contributed by atoms with Gasteiger partial charge in [-0.3, -0.25) is 0 Å². The first-order chi connectivity index (χ1) is 10.4. The fraction of sp³-hybridized carbons (Fsp3) is 0.400. The number of aryl methyl sites for hydroxylation is 1. The second kappa shape index (κ2) is 6.91. The summed E-state index contributed by atoms with van der Waals surface area (Å²) in [4.78, 5) is 0. The molecule has 0 fully saturated rings. The zero-order chi connectivity index (χ0) is 14.5. The molecule has 2 unspecified atom stereocenters. The Morgan fingerprint density at radius 2 is 1.81 bits per heavy atom. The van der Waals surface area contributed by atoms with Crippen LogP contribution in [0.25, 0.3) is 0 Å². The molecule has 0 aliphatic heterocycles. The van der Waals surface area contributed by atoms with Crippen molar-refractivity contribution in [1.29, 1.82) is 0 Å². The maximum absolute atomic E-state index is 3.80. The van der Waals surface area contributed by atoms with Gasteiger partial charge in [0.1, 0.15) is 0 Å². The number of hydrogen-bond donors (Lipinski definition) is 1. The summed E-state index contributed by atoms with van der Waals surface area (Å²) in [6.45, 7) is 3.35. The van der Waals surface area contributed by atoms with E-state index in [-0.39, 0.29) is 0 Å². The van der Waals surface area contributed by atoms with Crippen LogP contribution >= 0.6 is 0 Å². The lowest BCUT2D eigenvalue weighted by atomic mass is 9.82. The normalized spacial score (nSPS) is 19.0. The lowest BCUT2D eigenvalue weighted by Gasteiger charge is -2.28. The monoisotopic (exact) mass is 279 g/mol. The third-order valence-electron chi connectivity index (χ3n) is 4.71. The van der Waals surface area contributed by atoms with Crippen LogP contribution in [0.1, 0.15) is 54.8 Å². The molecule has 110 valence electrons. The molecule has 0 radical (unpaired) electrons. The number of rotatable bonds is 5. The van der Waals surface area contributed by atoms with Gasteiger partial charge in [-0.25, -0.2) is 0 Å². The Kier molecular flexibility index (Phi) is 4.72. The molecule has 0 bridgehead atoms. The predicted molar refractivity (Wildman–Crippen MR) is 89.6 cm³/mol. The Labute approximate surface area is 128 Å². The van der Waals surface area contributed by atoms with Crippen molar-refractivity contribution in [1.82, 2.24) is 5.32 Å². The first kappa shape index (κ1) is 14.3. The smallest absolute Gasteiger partial charge is 0.0317 e. The second-order valence-electron chi connectivity index (χ2n) is 6.07. The van der Waals surface area contributed by atoms with E-state index in [1.165, 1.54) is 24.8 Å². The summed E-state index contributed by atoms with van der Waals surface area (Å²) in [7, 11) is 0. The Balaban J connectivity index is 1.68. The fourth-order valence-electron chi connectivity index (χ4n) is 3.53. The zero-order valence-corrected chi connectivity index (χ0v) is 12.9. The highest BCUT2D eigenvalue weighted by Gasteiger charge is 2.20. The van der Waals surface area contributed by atoms with E-state index in [4.69, 9.17) is 0 Å². The lowest BCUT2D eigenvalue weighted by Crippen LogP contribution is -2.28. The van der Waals surface area contributed by atoms with Crippen LogP contribution in [0.15, 0.2) is 54.6 Å². The molecule has 1 N–H and O–H groups in total. The third kappa shape index (κ3) is 3.36. The molecule has 0 spiro atoms. The van der Waals surface area contributed by atoms with Gasteiger partial charge in [0, 0.05) is 12.6 Å². The number of benzene rings is 2. The highest BCUT2D eigenvalue weighted by molar-refractivity contribution is 5.33. The van der Waals surface area contributed by atoms with Crippen LogP contribution in [0.4, 0.5) is 0 Å². The van der Waals surface area contributed by atoms with Crippen LogP contribution < -0.4 is 5.32 Å². The lowest BCUT2D eigenvalue weighted by molar-refractivity contribution is 0.450. The second-order valence-corrected chi connectivity index (χ2v) is 6.07. The van der Waals surface area contributed by atoms with Crippen molar-refractivity contribution in [3.8, 4) is 0 Å². The van der Waals surface area contributed by atoms with E-state index in [0.717, 1.165) is 13.0 Å². The minimum Gasteiger partial charge on any atom is -0.309 e. The molecule has 2 aromatic rings. The summed E-state index contributed by atoms with van der Waals surface area (Å²) in [5.41, 5.74) is 4.53. The summed E-state index contributed by atoms with van der Waals surface area (Å²) in [5.74, 6) is 0.674. The maximum atomic E-state index is 3.80. The quantitative estimate of drug-likeness (QED) is 0.825. The Bertz CT molecular complexity index is 561. The van der Waals surface area contributed by atoms with Crippen LogP contribution in [-0.2, 0) is 6.42 Å². The molecule has 2 aromatic carbocycles. The van der Waals surface area contributed by atoms with Gasteiger partial charge in [-0.1, -0.05) is 61.5 Å². The minimum atomic E-state index is 0.472. The minimum absolute atomic E-state index is 0.472. The molecule has 0 aromatic heterocycles. The summed E-state index contributed by atoms with van der Waals surface area (Å²) in [5, 5.41) is 3.80. The van der Waals surface area contributed by atoms with E-state index in [1.54, 1.807) is 11.1 Å². The van der Waals surface area contributed by atoms with Crippen molar-refractivity contribution in [3.05, 3.63) is 71.3 Å². The Morgan fingerprint density at radius 1 is 1.05 bits per heavy atom. The molecule has 0 amide bonds. The highest BCUT2D eigenvalue weighted by Crippen LogP contribution is 2.31. The van der Waals surface area contributed by atoms with Crippen molar-refractivity contribution < 1.29 is 0 Å². The Hall–Kier alpha value is -1.60.